The van der Waals surface area contributed by atoms with E-state index in [1.807, 2.05) is 0 Å². The molecule has 0 aliphatic carbocycles. The van der Waals surface area contributed by atoms with E-state index >= 15 is 0 Å². The molecule has 10 heteroatoms. The maximum atomic E-state index is 13.5. The summed E-state index contributed by atoms with van der Waals surface area (Å²) in [6.07, 6.45) is -4.82. The van der Waals surface area contributed by atoms with E-state index in [1.165, 1.54) is 4.90 Å². The molecule has 2 rings (SSSR count). The minimum atomic E-state index is -5.02. The lowest BCUT2D eigenvalue weighted by molar-refractivity contribution is -0.138. The molecule has 0 saturated carbocycles. The second kappa shape index (κ2) is 7.12. The van der Waals surface area contributed by atoms with E-state index < -0.39 is 34.7 Å². The summed E-state index contributed by atoms with van der Waals surface area (Å²) in [5.74, 6) is -2.85. The molecule has 2 heterocycles. The topological polar surface area (TPSA) is 95.4 Å². The number of nitrogens with zero attached hydrogens (tertiary/aromatic N) is 3. The standard InChI is InChI=1S/C14H17F3N4O3/c1-2-3-8(22)9-10(14(15,16)17)11(13(23)24)19-20-12(9)21-6-4-18-5-7-21/h18H,2-7H2,1H3,(H,23,24). The summed E-state index contributed by atoms with van der Waals surface area (Å²) in [6.45, 7) is 3.40. The predicted molar refractivity (Wildman–Crippen MR) is 78.3 cm³/mol. The van der Waals surface area contributed by atoms with E-state index in [1.54, 1.807) is 6.92 Å². The van der Waals surface area contributed by atoms with Crippen LogP contribution in [-0.4, -0.2) is 53.2 Å². The Balaban J connectivity index is 2.71. The second-order valence-electron chi connectivity index (χ2n) is 5.34. The number of hydrogen-bond acceptors (Lipinski definition) is 6. The van der Waals surface area contributed by atoms with Gasteiger partial charge in [-0.25, -0.2) is 4.79 Å². The monoisotopic (exact) mass is 346 g/mol. The Kier molecular flexibility index (Phi) is 5.37. The highest BCUT2D eigenvalue weighted by Gasteiger charge is 2.43. The van der Waals surface area contributed by atoms with Gasteiger partial charge in [0.15, 0.2) is 17.3 Å². The zero-order valence-electron chi connectivity index (χ0n) is 13.0. The van der Waals surface area contributed by atoms with Gasteiger partial charge in [-0.05, 0) is 6.42 Å². The average Bonchev–Trinajstić information content (AvgIpc) is 2.53. The Labute approximate surface area is 135 Å². The fourth-order valence-electron chi connectivity index (χ4n) is 2.57. The van der Waals surface area contributed by atoms with Crippen LogP contribution in [0.2, 0.25) is 0 Å². The van der Waals surface area contributed by atoms with Crippen molar-refractivity contribution < 1.29 is 27.9 Å². The molecule has 0 atom stereocenters. The lowest BCUT2D eigenvalue weighted by Crippen LogP contribution is -2.45. The Morgan fingerprint density at radius 1 is 1.25 bits per heavy atom. The molecule has 1 aliphatic heterocycles. The molecular formula is C14H17F3N4O3. The van der Waals surface area contributed by atoms with E-state index in [0.29, 0.717) is 32.6 Å². The lowest BCUT2D eigenvalue weighted by atomic mass is 9.99. The number of halogens is 3. The van der Waals surface area contributed by atoms with Crippen LogP contribution in [0.5, 0.6) is 0 Å². The van der Waals surface area contributed by atoms with Crippen LogP contribution >= 0.6 is 0 Å². The van der Waals surface area contributed by atoms with Crippen LogP contribution in [0.4, 0.5) is 19.0 Å². The van der Waals surface area contributed by atoms with Crippen molar-refractivity contribution in [1.82, 2.24) is 15.5 Å². The highest BCUT2D eigenvalue weighted by Crippen LogP contribution is 2.38. The summed E-state index contributed by atoms with van der Waals surface area (Å²) in [4.78, 5) is 25.0. The van der Waals surface area contributed by atoms with Gasteiger partial charge in [0.25, 0.3) is 0 Å². The van der Waals surface area contributed by atoms with E-state index in [-0.39, 0.29) is 12.2 Å². The summed E-state index contributed by atoms with van der Waals surface area (Å²) in [7, 11) is 0. The molecule has 0 amide bonds. The number of nitrogens with one attached hydrogen (secondary N) is 1. The number of aromatic carboxylic acids is 1. The van der Waals surface area contributed by atoms with Crippen molar-refractivity contribution in [3.8, 4) is 0 Å². The molecule has 7 nitrogen and oxygen atoms in total. The van der Waals surface area contributed by atoms with Gasteiger partial charge in [0.2, 0.25) is 0 Å². The first-order chi connectivity index (χ1) is 11.3. The van der Waals surface area contributed by atoms with Gasteiger partial charge in [-0.15, -0.1) is 10.2 Å². The van der Waals surface area contributed by atoms with Crippen molar-refractivity contribution in [1.29, 1.82) is 0 Å². The molecule has 0 radical (unpaired) electrons. The molecule has 1 aromatic rings. The molecule has 1 saturated heterocycles. The molecule has 0 spiro atoms. The van der Waals surface area contributed by atoms with E-state index in [2.05, 4.69) is 15.5 Å². The SMILES string of the molecule is CCCC(=O)c1c(N2CCNCC2)nnc(C(=O)O)c1C(F)(F)F. The molecule has 132 valence electrons. The normalized spacial score (nSPS) is 15.4. The van der Waals surface area contributed by atoms with Crippen LogP contribution in [0, 0.1) is 0 Å². The number of hydrogen-bond donors (Lipinski definition) is 2. The summed E-state index contributed by atoms with van der Waals surface area (Å²) < 4.78 is 40.5. The van der Waals surface area contributed by atoms with Crippen molar-refractivity contribution in [2.75, 3.05) is 31.1 Å². The molecule has 2 N–H and O–H groups in total. The summed E-state index contributed by atoms with van der Waals surface area (Å²) in [5.41, 5.74) is -3.46. The minimum Gasteiger partial charge on any atom is -0.476 e. The van der Waals surface area contributed by atoms with E-state index in [0.717, 1.165) is 0 Å². The fraction of sp³-hybridized carbons (Fsp3) is 0.571. The minimum absolute atomic E-state index is 0.132. The number of ketones is 1. The van der Waals surface area contributed by atoms with Gasteiger partial charge in [-0.3, -0.25) is 4.79 Å². The zero-order valence-corrected chi connectivity index (χ0v) is 13.0. The van der Waals surface area contributed by atoms with Crippen LogP contribution in [0.3, 0.4) is 0 Å². The maximum Gasteiger partial charge on any atom is 0.419 e. The van der Waals surface area contributed by atoms with Crippen LogP contribution in [0.1, 0.15) is 46.2 Å². The first-order valence-electron chi connectivity index (χ1n) is 7.47. The number of carboxylic acid groups (broad SMARTS) is 1. The summed E-state index contributed by atoms with van der Waals surface area (Å²) >= 11 is 0. The van der Waals surface area contributed by atoms with Crippen LogP contribution in [-0.2, 0) is 6.18 Å². The van der Waals surface area contributed by atoms with Crippen molar-refractivity contribution in [2.45, 2.75) is 25.9 Å². The third-order valence-corrected chi connectivity index (χ3v) is 3.61. The summed E-state index contributed by atoms with van der Waals surface area (Å²) in [5, 5.41) is 19.0. The van der Waals surface area contributed by atoms with Gasteiger partial charge in [0.1, 0.15) is 5.56 Å². The third kappa shape index (κ3) is 3.64. The van der Waals surface area contributed by atoms with Crippen LogP contribution in [0.15, 0.2) is 0 Å². The number of alkyl halides is 3. The largest absolute Gasteiger partial charge is 0.476 e. The number of anilines is 1. The summed E-state index contributed by atoms with van der Waals surface area (Å²) in [6, 6.07) is 0. The zero-order chi connectivity index (χ0) is 17.9. The van der Waals surface area contributed by atoms with E-state index in [4.69, 9.17) is 5.11 Å². The molecule has 0 unspecified atom stereocenters. The van der Waals surface area contributed by atoms with Crippen molar-refractivity contribution in [2.24, 2.45) is 0 Å². The van der Waals surface area contributed by atoms with Crippen molar-refractivity contribution >= 4 is 17.6 Å². The van der Waals surface area contributed by atoms with Gasteiger partial charge in [-0.1, -0.05) is 6.92 Å². The Morgan fingerprint density at radius 3 is 2.38 bits per heavy atom. The van der Waals surface area contributed by atoms with Gasteiger partial charge in [0, 0.05) is 32.6 Å². The number of carboxylic acids is 1. The average molecular weight is 346 g/mol. The Hall–Kier alpha value is -2.23. The molecule has 1 aromatic heterocycles. The number of Topliss-reactive ketones (excluding diaryl/α,β-unsaturated/α-hetero) is 1. The number of carbonyl (C=O) groups is 2. The highest BCUT2D eigenvalue weighted by atomic mass is 19.4. The number of carbonyl (C=O) groups excluding carboxylic acids is 1. The first kappa shape index (κ1) is 18.1. The molecule has 0 aromatic carbocycles. The van der Waals surface area contributed by atoms with Gasteiger partial charge in [-0.2, -0.15) is 13.2 Å². The number of aromatic nitrogens is 2. The molecular weight excluding hydrogens is 329 g/mol. The molecule has 0 bridgehead atoms. The molecule has 24 heavy (non-hydrogen) atoms. The van der Waals surface area contributed by atoms with Crippen molar-refractivity contribution in [3.05, 3.63) is 16.8 Å². The molecule has 1 aliphatic rings. The third-order valence-electron chi connectivity index (χ3n) is 3.61. The predicted octanol–water partition coefficient (Wildman–Crippen LogP) is 1.59. The fourth-order valence-corrected chi connectivity index (χ4v) is 2.57. The Morgan fingerprint density at radius 2 is 1.88 bits per heavy atom. The van der Waals surface area contributed by atoms with Gasteiger partial charge >= 0.3 is 12.1 Å². The van der Waals surface area contributed by atoms with Gasteiger partial charge < -0.3 is 15.3 Å². The smallest absolute Gasteiger partial charge is 0.419 e. The van der Waals surface area contributed by atoms with Crippen LogP contribution in [0.25, 0.3) is 0 Å². The maximum absolute atomic E-state index is 13.5. The lowest BCUT2D eigenvalue weighted by Gasteiger charge is -2.30. The number of rotatable bonds is 5. The highest BCUT2D eigenvalue weighted by molar-refractivity contribution is 6.04. The number of piperazine rings is 1. The molecule has 1 fully saturated rings. The first-order valence-corrected chi connectivity index (χ1v) is 7.47. The van der Waals surface area contributed by atoms with Crippen LogP contribution < -0.4 is 10.2 Å². The quantitative estimate of drug-likeness (QED) is 0.782. The van der Waals surface area contributed by atoms with Gasteiger partial charge in [0.05, 0.1) is 5.56 Å². The van der Waals surface area contributed by atoms with Crippen molar-refractivity contribution in [3.63, 3.8) is 0 Å². The Bertz CT molecular complexity index is 643. The second-order valence-corrected chi connectivity index (χ2v) is 5.34. The van der Waals surface area contributed by atoms with E-state index in [9.17, 15) is 22.8 Å².